The van der Waals surface area contributed by atoms with E-state index in [9.17, 15) is 13.2 Å². The van der Waals surface area contributed by atoms with Crippen molar-refractivity contribution in [2.45, 2.75) is 67.8 Å². The number of alkyl halides is 1. The van der Waals surface area contributed by atoms with Crippen molar-refractivity contribution < 1.29 is 17.9 Å². The molecule has 0 aliphatic heterocycles. The number of ether oxygens (including phenoxy) is 1. The minimum absolute atomic E-state index is 0.104. The molecule has 1 N–H and O–H groups in total. The minimum Gasteiger partial charge on any atom is -0.464 e. The highest BCUT2D eigenvalue weighted by molar-refractivity contribution is 7.89. The molecule has 1 saturated carbocycles. The van der Waals surface area contributed by atoms with Gasteiger partial charge in [-0.25, -0.2) is 17.9 Å². The number of halogens is 1. The Morgan fingerprint density at radius 1 is 0.923 bits per heavy atom. The lowest BCUT2D eigenvalue weighted by atomic mass is 9.80. The monoisotopic (exact) mass is 566 g/mol. The molecule has 2 atom stereocenters. The van der Waals surface area contributed by atoms with Crippen LogP contribution in [0.3, 0.4) is 0 Å². The van der Waals surface area contributed by atoms with Crippen LogP contribution in [-0.2, 0) is 19.6 Å². The smallest absolute Gasteiger partial charge is 0.332 e. The van der Waals surface area contributed by atoms with Gasteiger partial charge in [0.2, 0.25) is 10.0 Å². The predicted octanol–water partition coefficient (Wildman–Crippen LogP) is 6.05. The number of nitrogens with one attached hydrogen (secondary N) is 1. The lowest BCUT2D eigenvalue weighted by molar-refractivity contribution is -0.145. The number of benzene rings is 3. The second kappa shape index (κ2) is 12.9. The Bertz CT molecular complexity index is 1330. The third kappa shape index (κ3) is 7.15. The molecule has 8 heteroatoms. The summed E-state index contributed by atoms with van der Waals surface area (Å²) in [5, 5.41) is 0. The van der Waals surface area contributed by atoms with Crippen molar-refractivity contribution in [2.24, 2.45) is 4.99 Å². The molecule has 1 aliphatic carbocycles. The van der Waals surface area contributed by atoms with Crippen molar-refractivity contribution in [1.82, 2.24) is 4.72 Å². The fraction of sp³-hybridized carbons (Fsp3) is 0.355. The Kier molecular flexibility index (Phi) is 9.59. The van der Waals surface area contributed by atoms with Gasteiger partial charge >= 0.3 is 5.97 Å². The molecule has 0 amide bonds. The summed E-state index contributed by atoms with van der Waals surface area (Å²) in [5.74, 6) is -0.621. The molecule has 0 bridgehead atoms. The summed E-state index contributed by atoms with van der Waals surface area (Å²) in [7, 11) is -4.03. The number of nitrogens with zero attached hydrogens (tertiary/aromatic N) is 1. The molecule has 0 heterocycles. The molecule has 1 aliphatic rings. The summed E-state index contributed by atoms with van der Waals surface area (Å²) in [4.78, 5) is 17.7. The molecule has 4 rings (SSSR count). The van der Waals surface area contributed by atoms with E-state index in [4.69, 9.17) is 21.3 Å². The molecule has 206 valence electrons. The van der Waals surface area contributed by atoms with Crippen LogP contribution in [-0.4, -0.2) is 43.7 Å². The first-order valence-corrected chi connectivity index (χ1v) is 15.2. The number of aryl methyl sites for hydroxylation is 1. The van der Waals surface area contributed by atoms with Crippen molar-refractivity contribution >= 4 is 33.3 Å². The SMILES string of the molecule is CCOC(=O)[C@@H](N=C(c1ccccc1)c1ccccc1)[C@H](NS(=O)(=O)c1ccc(C)cc1)C1(Cl)CCCCC1. The van der Waals surface area contributed by atoms with Crippen LogP contribution in [0.25, 0.3) is 0 Å². The molecule has 6 nitrogen and oxygen atoms in total. The zero-order valence-corrected chi connectivity index (χ0v) is 23.9. The van der Waals surface area contributed by atoms with Crippen LogP contribution in [0, 0.1) is 6.92 Å². The summed E-state index contributed by atoms with van der Waals surface area (Å²) in [6.07, 6.45) is 3.75. The zero-order chi connectivity index (χ0) is 27.9. The molecule has 0 spiro atoms. The highest BCUT2D eigenvalue weighted by Gasteiger charge is 2.48. The molecule has 0 aromatic heterocycles. The van der Waals surface area contributed by atoms with E-state index in [2.05, 4.69) is 4.72 Å². The predicted molar refractivity (Wildman–Crippen MR) is 156 cm³/mol. The third-order valence-corrected chi connectivity index (χ3v) is 9.13. The maximum atomic E-state index is 13.7. The summed E-state index contributed by atoms with van der Waals surface area (Å²) in [6, 6.07) is 23.4. The van der Waals surface area contributed by atoms with E-state index in [-0.39, 0.29) is 11.5 Å². The number of esters is 1. The summed E-state index contributed by atoms with van der Waals surface area (Å²) < 4.78 is 35.7. The van der Waals surface area contributed by atoms with Gasteiger partial charge in [0.05, 0.1) is 28.1 Å². The van der Waals surface area contributed by atoms with Crippen LogP contribution in [0.15, 0.2) is 94.8 Å². The molecule has 0 unspecified atom stereocenters. The number of hydrogen-bond acceptors (Lipinski definition) is 5. The zero-order valence-electron chi connectivity index (χ0n) is 22.3. The van der Waals surface area contributed by atoms with Crippen molar-refractivity contribution in [3.63, 3.8) is 0 Å². The van der Waals surface area contributed by atoms with Crippen LogP contribution in [0.4, 0.5) is 0 Å². The standard InChI is InChI=1S/C31H35ClN2O4S/c1-3-38-30(35)28(33-27(24-13-7-4-8-14-24)25-15-9-5-10-16-25)29(31(32)21-11-6-12-22-31)34-39(36,37)26-19-17-23(2)18-20-26/h4-5,7-10,13-20,28-29,34H,3,6,11-12,21-22H2,1-2H3/t28-,29-/m0/s1. The summed E-state index contributed by atoms with van der Waals surface area (Å²) >= 11 is 7.27. The first-order chi connectivity index (χ1) is 18.7. The second-order valence-electron chi connectivity index (χ2n) is 9.91. The van der Waals surface area contributed by atoms with Gasteiger partial charge in [0.15, 0.2) is 6.04 Å². The van der Waals surface area contributed by atoms with Gasteiger partial charge in [0, 0.05) is 11.1 Å². The minimum atomic E-state index is -4.03. The van der Waals surface area contributed by atoms with Crippen LogP contribution >= 0.6 is 11.6 Å². The van der Waals surface area contributed by atoms with Gasteiger partial charge in [-0.2, -0.15) is 0 Å². The van der Waals surface area contributed by atoms with Crippen LogP contribution in [0.1, 0.15) is 55.7 Å². The first kappa shape index (κ1) is 29.0. The average Bonchev–Trinajstić information content (AvgIpc) is 2.94. The highest BCUT2D eigenvalue weighted by atomic mass is 35.5. The number of aliphatic imine (C=N–C) groups is 1. The van der Waals surface area contributed by atoms with Crippen LogP contribution in [0.2, 0.25) is 0 Å². The van der Waals surface area contributed by atoms with E-state index in [0.29, 0.717) is 18.6 Å². The molecule has 0 radical (unpaired) electrons. The number of rotatable bonds is 10. The Hall–Kier alpha value is -3.00. The Morgan fingerprint density at radius 3 is 1.97 bits per heavy atom. The first-order valence-electron chi connectivity index (χ1n) is 13.4. The van der Waals surface area contributed by atoms with E-state index in [0.717, 1.165) is 36.0 Å². The topological polar surface area (TPSA) is 84.8 Å². The fourth-order valence-corrected chi connectivity index (χ4v) is 6.82. The average molecular weight is 567 g/mol. The van der Waals surface area contributed by atoms with Crippen molar-refractivity contribution in [2.75, 3.05) is 6.61 Å². The van der Waals surface area contributed by atoms with E-state index >= 15 is 0 Å². The van der Waals surface area contributed by atoms with Crippen molar-refractivity contribution in [3.8, 4) is 0 Å². The van der Waals surface area contributed by atoms with Gasteiger partial charge in [0.25, 0.3) is 0 Å². The van der Waals surface area contributed by atoms with Crippen molar-refractivity contribution in [3.05, 3.63) is 102 Å². The van der Waals surface area contributed by atoms with E-state index in [1.165, 1.54) is 0 Å². The van der Waals surface area contributed by atoms with Gasteiger partial charge in [-0.15, -0.1) is 11.6 Å². The van der Waals surface area contributed by atoms with E-state index in [1.54, 1.807) is 31.2 Å². The molecule has 3 aromatic rings. The molecule has 1 fully saturated rings. The highest BCUT2D eigenvalue weighted by Crippen LogP contribution is 2.40. The molecule has 39 heavy (non-hydrogen) atoms. The van der Waals surface area contributed by atoms with Gasteiger partial charge in [-0.1, -0.05) is 97.6 Å². The number of carbonyl (C=O) groups is 1. The lowest BCUT2D eigenvalue weighted by Crippen LogP contribution is -2.58. The Labute approximate surface area is 236 Å². The molecular weight excluding hydrogens is 532 g/mol. The quantitative estimate of drug-likeness (QED) is 0.184. The Balaban J connectivity index is 1.88. The number of sulfonamides is 1. The molecule has 0 saturated heterocycles. The van der Waals surface area contributed by atoms with E-state index in [1.807, 2.05) is 67.6 Å². The third-order valence-electron chi connectivity index (χ3n) is 7.06. The number of hydrogen-bond donors (Lipinski definition) is 1. The van der Waals surface area contributed by atoms with Crippen LogP contribution < -0.4 is 4.72 Å². The molecular formula is C31H35ClN2O4S. The van der Waals surface area contributed by atoms with Gasteiger partial charge in [0.1, 0.15) is 0 Å². The summed E-state index contributed by atoms with van der Waals surface area (Å²) in [6.45, 7) is 3.74. The Morgan fingerprint density at radius 2 is 1.46 bits per heavy atom. The maximum absolute atomic E-state index is 13.7. The lowest BCUT2D eigenvalue weighted by Gasteiger charge is -2.40. The fourth-order valence-electron chi connectivity index (χ4n) is 4.99. The second-order valence-corrected chi connectivity index (χ2v) is 12.4. The largest absolute Gasteiger partial charge is 0.464 e. The number of carbonyl (C=O) groups excluding carboxylic acids is 1. The maximum Gasteiger partial charge on any atom is 0.332 e. The van der Waals surface area contributed by atoms with Gasteiger partial charge in [-0.3, -0.25) is 4.99 Å². The van der Waals surface area contributed by atoms with Gasteiger partial charge < -0.3 is 4.74 Å². The van der Waals surface area contributed by atoms with Crippen molar-refractivity contribution in [1.29, 1.82) is 0 Å². The molecule has 3 aromatic carbocycles. The van der Waals surface area contributed by atoms with E-state index < -0.39 is 33.0 Å². The normalized spacial score (nSPS) is 16.6. The van der Waals surface area contributed by atoms with Crippen LogP contribution in [0.5, 0.6) is 0 Å². The van der Waals surface area contributed by atoms with Gasteiger partial charge in [-0.05, 0) is 38.8 Å². The summed E-state index contributed by atoms with van der Waals surface area (Å²) in [5.41, 5.74) is 3.09.